The van der Waals surface area contributed by atoms with Crippen LogP contribution < -0.4 is 11.1 Å². The van der Waals surface area contributed by atoms with Crippen molar-refractivity contribution in [3.63, 3.8) is 0 Å². The lowest BCUT2D eigenvalue weighted by molar-refractivity contribution is 0.352. The number of nitrogens with one attached hydrogen (secondary N) is 1. The monoisotopic (exact) mass is 246 g/mol. The van der Waals surface area contributed by atoms with E-state index >= 15 is 0 Å². The van der Waals surface area contributed by atoms with Gasteiger partial charge >= 0.3 is 0 Å². The van der Waals surface area contributed by atoms with E-state index < -0.39 is 0 Å². The van der Waals surface area contributed by atoms with Gasteiger partial charge in [-0.1, -0.05) is 12.5 Å². The third-order valence-electron chi connectivity index (χ3n) is 4.54. The van der Waals surface area contributed by atoms with Crippen molar-refractivity contribution in [1.82, 2.24) is 5.32 Å². The highest BCUT2D eigenvalue weighted by molar-refractivity contribution is 5.46. The summed E-state index contributed by atoms with van der Waals surface area (Å²) in [5.74, 6) is 0. The Labute approximate surface area is 111 Å². The smallest absolute Gasteiger partial charge is 0.0456 e. The van der Waals surface area contributed by atoms with E-state index in [2.05, 4.69) is 39.1 Å². The molecule has 2 unspecified atom stereocenters. The van der Waals surface area contributed by atoms with Crippen molar-refractivity contribution in [2.75, 3.05) is 6.54 Å². The van der Waals surface area contributed by atoms with Crippen LogP contribution in [0.4, 0.5) is 0 Å². The summed E-state index contributed by atoms with van der Waals surface area (Å²) < 4.78 is 0. The molecule has 0 saturated carbocycles. The third-order valence-corrected chi connectivity index (χ3v) is 4.54. The Hall–Kier alpha value is -0.860. The van der Waals surface area contributed by atoms with Crippen molar-refractivity contribution in [3.05, 3.63) is 33.9 Å². The molecule has 1 fully saturated rings. The fraction of sp³-hybridized carbons (Fsp3) is 0.625. The summed E-state index contributed by atoms with van der Waals surface area (Å²) in [4.78, 5) is 0. The number of rotatable bonds is 2. The Morgan fingerprint density at radius 1 is 1.11 bits per heavy atom. The average Bonchev–Trinajstić information content (AvgIpc) is 2.37. The van der Waals surface area contributed by atoms with Crippen molar-refractivity contribution in [2.45, 2.75) is 59.0 Å². The molecule has 2 atom stereocenters. The van der Waals surface area contributed by atoms with Crippen LogP contribution in [0.1, 0.15) is 53.1 Å². The predicted octanol–water partition coefficient (Wildman–Crippen LogP) is 3.06. The topological polar surface area (TPSA) is 38.0 Å². The molecule has 0 amide bonds. The fourth-order valence-electron chi connectivity index (χ4n) is 3.13. The molecule has 0 aromatic heterocycles. The second-order valence-electron chi connectivity index (χ2n) is 5.76. The molecular formula is C16H26N2. The summed E-state index contributed by atoms with van der Waals surface area (Å²) in [7, 11) is 0. The Morgan fingerprint density at radius 2 is 1.72 bits per heavy atom. The van der Waals surface area contributed by atoms with Gasteiger partial charge in [0.05, 0.1) is 0 Å². The van der Waals surface area contributed by atoms with Crippen LogP contribution in [0.25, 0.3) is 0 Å². The average molecular weight is 246 g/mol. The standard InChI is InChI=1S/C16H26N2/c1-10-9-11(2)13(4)15(12(10)3)16(17)14-7-5-6-8-18-14/h9,14,16,18H,5-8,17H2,1-4H3. The Balaban J connectivity index is 2.37. The Kier molecular flexibility index (Phi) is 4.08. The van der Waals surface area contributed by atoms with Crippen molar-refractivity contribution in [1.29, 1.82) is 0 Å². The molecule has 100 valence electrons. The molecule has 1 aromatic rings. The lowest BCUT2D eigenvalue weighted by Crippen LogP contribution is -2.42. The predicted molar refractivity (Wildman–Crippen MR) is 78.0 cm³/mol. The zero-order valence-electron chi connectivity index (χ0n) is 12.1. The minimum absolute atomic E-state index is 0.129. The van der Waals surface area contributed by atoms with Gasteiger partial charge in [-0.3, -0.25) is 0 Å². The second-order valence-corrected chi connectivity index (χ2v) is 5.76. The Bertz CT molecular complexity index is 405. The summed E-state index contributed by atoms with van der Waals surface area (Å²) in [6, 6.07) is 2.84. The van der Waals surface area contributed by atoms with Crippen LogP contribution >= 0.6 is 0 Å². The van der Waals surface area contributed by atoms with Gasteiger partial charge in [-0.15, -0.1) is 0 Å². The first-order valence-electron chi connectivity index (χ1n) is 7.08. The molecule has 1 aliphatic heterocycles. The zero-order chi connectivity index (χ0) is 13.3. The van der Waals surface area contributed by atoms with Gasteiger partial charge in [0.25, 0.3) is 0 Å². The van der Waals surface area contributed by atoms with E-state index in [0.717, 1.165) is 6.54 Å². The summed E-state index contributed by atoms with van der Waals surface area (Å²) in [6.45, 7) is 9.90. The second kappa shape index (κ2) is 5.41. The Morgan fingerprint density at radius 3 is 2.22 bits per heavy atom. The van der Waals surface area contributed by atoms with E-state index in [1.54, 1.807) is 0 Å². The van der Waals surface area contributed by atoms with Crippen molar-refractivity contribution in [2.24, 2.45) is 5.73 Å². The highest BCUT2D eigenvalue weighted by Gasteiger charge is 2.24. The SMILES string of the molecule is Cc1cc(C)c(C)c(C(N)C2CCCCN2)c1C. The van der Waals surface area contributed by atoms with Gasteiger partial charge in [-0.2, -0.15) is 0 Å². The summed E-state index contributed by atoms with van der Waals surface area (Å²) >= 11 is 0. The van der Waals surface area contributed by atoms with Gasteiger partial charge in [0, 0.05) is 12.1 Å². The van der Waals surface area contributed by atoms with Crippen LogP contribution in [0.5, 0.6) is 0 Å². The number of benzene rings is 1. The van der Waals surface area contributed by atoms with E-state index in [1.807, 2.05) is 0 Å². The molecule has 1 saturated heterocycles. The van der Waals surface area contributed by atoms with E-state index in [1.165, 1.54) is 47.1 Å². The molecule has 0 bridgehead atoms. The molecular weight excluding hydrogens is 220 g/mol. The molecule has 0 spiro atoms. The quantitative estimate of drug-likeness (QED) is 0.841. The molecule has 2 nitrogen and oxygen atoms in total. The van der Waals surface area contributed by atoms with Gasteiger partial charge in [-0.05, 0) is 74.9 Å². The molecule has 0 radical (unpaired) electrons. The highest BCUT2D eigenvalue weighted by atomic mass is 15.0. The maximum Gasteiger partial charge on any atom is 0.0456 e. The molecule has 1 aromatic carbocycles. The van der Waals surface area contributed by atoms with Gasteiger partial charge in [-0.25, -0.2) is 0 Å². The van der Waals surface area contributed by atoms with E-state index in [0.29, 0.717) is 6.04 Å². The maximum atomic E-state index is 6.55. The van der Waals surface area contributed by atoms with E-state index in [4.69, 9.17) is 5.73 Å². The lowest BCUT2D eigenvalue weighted by Gasteiger charge is -2.31. The van der Waals surface area contributed by atoms with Crippen LogP contribution in [0.2, 0.25) is 0 Å². The fourth-order valence-corrected chi connectivity index (χ4v) is 3.13. The van der Waals surface area contributed by atoms with Gasteiger partial charge in [0.2, 0.25) is 0 Å². The van der Waals surface area contributed by atoms with Crippen LogP contribution in [0.3, 0.4) is 0 Å². The normalized spacial score (nSPS) is 21.9. The number of hydrogen-bond acceptors (Lipinski definition) is 2. The molecule has 1 aliphatic rings. The summed E-state index contributed by atoms with van der Waals surface area (Å²) in [5.41, 5.74) is 13.4. The lowest BCUT2D eigenvalue weighted by atomic mass is 9.85. The van der Waals surface area contributed by atoms with Crippen LogP contribution in [-0.2, 0) is 0 Å². The van der Waals surface area contributed by atoms with Crippen LogP contribution in [0, 0.1) is 27.7 Å². The van der Waals surface area contributed by atoms with Gasteiger partial charge in [0.15, 0.2) is 0 Å². The minimum atomic E-state index is 0.129. The molecule has 3 N–H and O–H groups in total. The van der Waals surface area contributed by atoms with Crippen molar-refractivity contribution < 1.29 is 0 Å². The number of nitrogens with two attached hydrogens (primary N) is 1. The third kappa shape index (κ3) is 2.45. The first kappa shape index (κ1) is 13.6. The molecule has 2 heteroatoms. The van der Waals surface area contributed by atoms with Crippen LogP contribution in [0.15, 0.2) is 6.07 Å². The number of aryl methyl sites for hydroxylation is 2. The number of hydrogen-bond donors (Lipinski definition) is 2. The highest BCUT2D eigenvalue weighted by Crippen LogP contribution is 2.30. The van der Waals surface area contributed by atoms with Crippen LogP contribution in [-0.4, -0.2) is 12.6 Å². The molecule has 2 rings (SSSR count). The molecule has 1 heterocycles. The molecule has 0 aliphatic carbocycles. The van der Waals surface area contributed by atoms with Gasteiger partial charge in [0.1, 0.15) is 0 Å². The van der Waals surface area contributed by atoms with Gasteiger partial charge < -0.3 is 11.1 Å². The first-order chi connectivity index (χ1) is 8.52. The van der Waals surface area contributed by atoms with E-state index in [-0.39, 0.29) is 6.04 Å². The van der Waals surface area contributed by atoms with E-state index in [9.17, 15) is 0 Å². The largest absolute Gasteiger partial charge is 0.323 e. The zero-order valence-corrected chi connectivity index (χ0v) is 12.1. The minimum Gasteiger partial charge on any atom is -0.323 e. The first-order valence-corrected chi connectivity index (χ1v) is 7.08. The van der Waals surface area contributed by atoms with Crippen molar-refractivity contribution in [3.8, 4) is 0 Å². The maximum absolute atomic E-state index is 6.55. The number of piperidine rings is 1. The molecule has 18 heavy (non-hydrogen) atoms. The van der Waals surface area contributed by atoms with Crippen molar-refractivity contribution >= 4 is 0 Å². The summed E-state index contributed by atoms with van der Waals surface area (Å²) in [5, 5.41) is 3.59. The summed E-state index contributed by atoms with van der Waals surface area (Å²) in [6.07, 6.45) is 3.79.